The zero-order valence-corrected chi connectivity index (χ0v) is 19.5. The maximum Gasteiger partial charge on any atom is 0.295 e. The van der Waals surface area contributed by atoms with Crippen LogP contribution in [0.25, 0.3) is 11.4 Å². The van der Waals surface area contributed by atoms with Crippen LogP contribution in [0, 0.1) is 13.8 Å². The highest BCUT2D eigenvalue weighted by molar-refractivity contribution is 7.99. The number of tetrazole rings is 1. The molecule has 0 aliphatic rings. The van der Waals surface area contributed by atoms with Crippen molar-refractivity contribution in [2.45, 2.75) is 19.0 Å². The Hall–Kier alpha value is -3.86. The van der Waals surface area contributed by atoms with E-state index in [1.807, 2.05) is 55.5 Å². The molecule has 10 nitrogen and oxygen atoms in total. The molecule has 0 fully saturated rings. The summed E-state index contributed by atoms with van der Waals surface area (Å²) >= 11 is 1.16. The van der Waals surface area contributed by atoms with Crippen LogP contribution in [-0.4, -0.2) is 48.3 Å². The Morgan fingerprint density at radius 3 is 2.64 bits per heavy atom. The molecule has 4 rings (SSSR count). The molecule has 0 atom stereocenters. The van der Waals surface area contributed by atoms with Gasteiger partial charge >= 0.3 is 0 Å². The fraction of sp³-hybridized carbons (Fsp3) is 0.227. The van der Waals surface area contributed by atoms with Gasteiger partial charge in [0.1, 0.15) is 17.1 Å². The first-order valence-electron chi connectivity index (χ1n) is 10.1. The number of methoxy groups -OCH3 is 1. The monoisotopic (exact) mass is 465 g/mol. The minimum atomic E-state index is -0.336. The molecule has 2 aromatic heterocycles. The molecule has 0 aliphatic carbocycles. The Kier molecular flexibility index (Phi) is 6.31. The van der Waals surface area contributed by atoms with E-state index in [1.54, 1.807) is 25.8 Å². The highest BCUT2D eigenvalue weighted by Gasteiger charge is 2.20. The highest BCUT2D eigenvalue weighted by Crippen LogP contribution is 2.27. The summed E-state index contributed by atoms with van der Waals surface area (Å²) in [6.45, 7) is 3.74. The third kappa shape index (κ3) is 4.40. The van der Waals surface area contributed by atoms with Crippen molar-refractivity contribution < 1.29 is 9.53 Å². The molecule has 0 saturated heterocycles. The molecule has 1 amide bonds. The standard InChI is InChI=1S/C22H23N7O3S/c1-14-10-11-18(32-4)17(12-14)28-22(24-25-26-28)33-13-19(30)23-20-15(2)27(3)29(21(20)31)16-8-6-5-7-9-16/h5-12H,13H2,1-4H3,(H,23,30). The lowest BCUT2D eigenvalue weighted by Crippen LogP contribution is -2.23. The Balaban J connectivity index is 1.52. The molecule has 0 aliphatic heterocycles. The average molecular weight is 466 g/mol. The molecule has 2 heterocycles. The molecule has 11 heteroatoms. The number of thioether (sulfide) groups is 1. The van der Waals surface area contributed by atoms with E-state index < -0.39 is 0 Å². The van der Waals surface area contributed by atoms with E-state index in [1.165, 1.54) is 9.36 Å². The number of carbonyl (C=O) groups excluding carboxylic acids is 1. The van der Waals surface area contributed by atoms with Gasteiger partial charge in [0.05, 0.1) is 24.2 Å². The van der Waals surface area contributed by atoms with Gasteiger partial charge in [-0.1, -0.05) is 36.0 Å². The van der Waals surface area contributed by atoms with Crippen molar-refractivity contribution in [2.75, 3.05) is 18.2 Å². The van der Waals surface area contributed by atoms with Crippen LogP contribution in [0.1, 0.15) is 11.3 Å². The molecule has 1 N–H and O–H groups in total. The van der Waals surface area contributed by atoms with E-state index in [2.05, 4.69) is 20.8 Å². The second-order valence-corrected chi connectivity index (χ2v) is 8.26. The van der Waals surface area contributed by atoms with Gasteiger partial charge in [0.15, 0.2) is 0 Å². The molecule has 0 spiro atoms. The fourth-order valence-corrected chi connectivity index (χ4v) is 4.09. The molecule has 0 saturated carbocycles. The lowest BCUT2D eigenvalue weighted by atomic mass is 10.2. The number of benzene rings is 2. The third-order valence-corrected chi connectivity index (χ3v) is 6.07. The lowest BCUT2D eigenvalue weighted by Gasteiger charge is -2.10. The first-order valence-corrected chi connectivity index (χ1v) is 11.1. The minimum absolute atomic E-state index is 0.0214. The number of nitrogens with zero attached hydrogens (tertiary/aromatic N) is 6. The number of hydrogen-bond donors (Lipinski definition) is 1. The number of carbonyl (C=O) groups is 1. The number of anilines is 1. The number of ether oxygens (including phenoxy) is 1. The van der Waals surface area contributed by atoms with Gasteiger partial charge in [0.2, 0.25) is 11.1 Å². The molecule has 2 aromatic carbocycles. The largest absolute Gasteiger partial charge is 0.494 e. The molecule has 0 unspecified atom stereocenters. The van der Waals surface area contributed by atoms with Gasteiger partial charge in [-0.25, -0.2) is 4.68 Å². The van der Waals surface area contributed by atoms with Crippen LogP contribution in [0.3, 0.4) is 0 Å². The summed E-state index contributed by atoms with van der Waals surface area (Å²) in [7, 11) is 3.35. The van der Waals surface area contributed by atoms with Crippen LogP contribution in [0.15, 0.2) is 58.5 Å². The summed E-state index contributed by atoms with van der Waals surface area (Å²) in [6.07, 6.45) is 0. The van der Waals surface area contributed by atoms with Gasteiger partial charge in [-0.3, -0.25) is 14.3 Å². The van der Waals surface area contributed by atoms with Crippen molar-refractivity contribution in [1.29, 1.82) is 0 Å². The van der Waals surface area contributed by atoms with Crippen molar-refractivity contribution in [3.8, 4) is 17.1 Å². The van der Waals surface area contributed by atoms with Crippen LogP contribution in [0.4, 0.5) is 5.69 Å². The maximum atomic E-state index is 13.0. The molecule has 0 radical (unpaired) electrons. The van der Waals surface area contributed by atoms with E-state index >= 15 is 0 Å². The Labute approximate surface area is 194 Å². The summed E-state index contributed by atoms with van der Waals surface area (Å²) in [4.78, 5) is 25.7. The van der Waals surface area contributed by atoms with E-state index in [0.29, 0.717) is 28.0 Å². The third-order valence-electron chi connectivity index (χ3n) is 5.15. The summed E-state index contributed by atoms with van der Waals surface area (Å²) in [6, 6.07) is 14.9. The van der Waals surface area contributed by atoms with E-state index in [-0.39, 0.29) is 22.9 Å². The average Bonchev–Trinajstić information content (AvgIpc) is 3.37. The second-order valence-electron chi connectivity index (χ2n) is 7.32. The Morgan fingerprint density at radius 1 is 1.15 bits per heavy atom. The highest BCUT2D eigenvalue weighted by atomic mass is 32.2. The zero-order chi connectivity index (χ0) is 23.5. The molecule has 0 bridgehead atoms. The first kappa shape index (κ1) is 22.3. The van der Waals surface area contributed by atoms with Crippen molar-refractivity contribution in [2.24, 2.45) is 7.05 Å². The molecule has 4 aromatic rings. The van der Waals surface area contributed by atoms with E-state index in [9.17, 15) is 9.59 Å². The number of aryl methyl sites for hydroxylation is 1. The summed E-state index contributed by atoms with van der Waals surface area (Å²) in [5, 5.41) is 15.0. The van der Waals surface area contributed by atoms with Crippen molar-refractivity contribution in [3.63, 3.8) is 0 Å². The minimum Gasteiger partial charge on any atom is -0.494 e. The Morgan fingerprint density at radius 2 is 1.91 bits per heavy atom. The molecule has 170 valence electrons. The van der Waals surface area contributed by atoms with E-state index in [4.69, 9.17) is 4.74 Å². The van der Waals surface area contributed by atoms with Gasteiger partial charge in [0.25, 0.3) is 5.56 Å². The lowest BCUT2D eigenvalue weighted by molar-refractivity contribution is -0.113. The molecular formula is C22H23N7O3S. The van der Waals surface area contributed by atoms with Crippen molar-refractivity contribution in [3.05, 3.63) is 70.1 Å². The first-order chi connectivity index (χ1) is 15.9. The van der Waals surface area contributed by atoms with Crippen LogP contribution in [-0.2, 0) is 11.8 Å². The predicted molar refractivity (Wildman–Crippen MR) is 126 cm³/mol. The van der Waals surface area contributed by atoms with Gasteiger partial charge in [-0.2, -0.15) is 4.68 Å². The molecular weight excluding hydrogens is 442 g/mol. The summed E-state index contributed by atoms with van der Waals surface area (Å²) in [5.74, 6) is 0.297. The normalized spacial score (nSPS) is 10.9. The predicted octanol–water partition coefficient (Wildman–Crippen LogP) is 2.51. The number of nitrogens with one attached hydrogen (secondary N) is 1. The molecule has 33 heavy (non-hydrogen) atoms. The number of rotatable bonds is 7. The number of aromatic nitrogens is 6. The van der Waals surface area contributed by atoms with Gasteiger partial charge in [-0.05, 0) is 54.1 Å². The van der Waals surface area contributed by atoms with Crippen molar-refractivity contribution in [1.82, 2.24) is 29.6 Å². The van der Waals surface area contributed by atoms with Crippen LogP contribution >= 0.6 is 11.8 Å². The summed E-state index contributed by atoms with van der Waals surface area (Å²) < 4.78 is 10.2. The topological polar surface area (TPSA) is 109 Å². The van der Waals surface area contributed by atoms with Crippen LogP contribution in [0.2, 0.25) is 0 Å². The van der Waals surface area contributed by atoms with Crippen molar-refractivity contribution >= 4 is 23.4 Å². The maximum absolute atomic E-state index is 13.0. The zero-order valence-electron chi connectivity index (χ0n) is 18.6. The fourth-order valence-electron chi connectivity index (χ4n) is 3.40. The number of hydrogen-bond acceptors (Lipinski definition) is 7. The number of para-hydroxylation sites is 1. The smallest absolute Gasteiger partial charge is 0.295 e. The SMILES string of the molecule is COc1ccc(C)cc1-n1nnnc1SCC(=O)Nc1c(C)n(C)n(-c2ccccc2)c1=O. The van der Waals surface area contributed by atoms with Gasteiger partial charge < -0.3 is 10.1 Å². The van der Waals surface area contributed by atoms with E-state index in [0.717, 1.165) is 17.3 Å². The summed E-state index contributed by atoms with van der Waals surface area (Å²) in [5.41, 5.74) is 3.01. The van der Waals surface area contributed by atoms with Gasteiger partial charge in [-0.15, -0.1) is 5.10 Å². The number of amides is 1. The Bertz CT molecular complexity index is 1360. The second kappa shape index (κ2) is 9.33. The van der Waals surface area contributed by atoms with Crippen LogP contribution < -0.4 is 15.6 Å². The van der Waals surface area contributed by atoms with Crippen LogP contribution in [0.5, 0.6) is 5.75 Å². The quantitative estimate of drug-likeness (QED) is 0.418. The van der Waals surface area contributed by atoms with Gasteiger partial charge in [0, 0.05) is 7.05 Å².